The van der Waals surface area contributed by atoms with E-state index in [-0.39, 0.29) is 23.5 Å². The van der Waals surface area contributed by atoms with Crippen LogP contribution in [0.5, 0.6) is 0 Å². The van der Waals surface area contributed by atoms with E-state index in [1.54, 1.807) is 0 Å². The van der Waals surface area contributed by atoms with E-state index in [4.69, 9.17) is 0 Å². The fraction of sp³-hybridized carbons (Fsp3) is 0.438. The summed E-state index contributed by atoms with van der Waals surface area (Å²) in [6.45, 7) is 4.50. The Kier molecular flexibility index (Phi) is 2.06. The van der Waals surface area contributed by atoms with Crippen LogP contribution in [0.25, 0.3) is 11.3 Å². The van der Waals surface area contributed by atoms with Crippen LogP contribution in [0.4, 0.5) is 0 Å². The Hall–Kier alpha value is -1.61. The average molecular weight is 254 g/mol. The lowest BCUT2D eigenvalue weighted by Gasteiger charge is -2.52. The van der Waals surface area contributed by atoms with Gasteiger partial charge in [-0.15, -0.1) is 0 Å². The van der Waals surface area contributed by atoms with Crippen LogP contribution in [-0.2, 0) is 0 Å². The topological polar surface area (TPSA) is 38.1 Å². The fourth-order valence-corrected chi connectivity index (χ4v) is 4.04. The second-order valence-corrected chi connectivity index (χ2v) is 6.50. The molecule has 19 heavy (non-hydrogen) atoms. The summed E-state index contributed by atoms with van der Waals surface area (Å²) in [5.74, 6) is 0.268. The molecule has 3 atom stereocenters. The molecule has 1 N–H and O–H groups in total. The van der Waals surface area contributed by atoms with Crippen molar-refractivity contribution < 1.29 is 5.11 Å². The van der Waals surface area contributed by atoms with Crippen molar-refractivity contribution in [1.29, 1.82) is 0 Å². The average Bonchev–Trinajstić information content (AvgIpc) is 2.92. The maximum absolute atomic E-state index is 10.3. The van der Waals surface area contributed by atoms with E-state index >= 15 is 0 Å². The summed E-state index contributed by atoms with van der Waals surface area (Å²) in [7, 11) is 0. The van der Waals surface area contributed by atoms with Crippen molar-refractivity contribution in [1.82, 2.24) is 9.55 Å². The molecule has 2 heterocycles. The number of fused-ring (bicyclic) bond motifs is 3. The standard InChI is InChI=1S/C16H18N2O/c1-16(2)7-13(19)14(16)15-11-6-4-3-5-10(11)12-8-17-9-18(12)15/h3-6,8-9,13-15,19H,7H2,1-2H3/t13-,14-,15+/m1/s1. The van der Waals surface area contributed by atoms with Crippen LogP contribution in [0.3, 0.4) is 0 Å². The molecule has 1 aromatic heterocycles. The second kappa shape index (κ2) is 3.48. The molecule has 0 amide bonds. The minimum absolute atomic E-state index is 0.184. The lowest BCUT2D eigenvalue weighted by atomic mass is 9.57. The normalized spacial score (nSPS) is 30.6. The summed E-state index contributed by atoms with van der Waals surface area (Å²) < 4.78 is 2.24. The number of imidazole rings is 1. The summed E-state index contributed by atoms with van der Waals surface area (Å²) in [4.78, 5) is 4.29. The summed E-state index contributed by atoms with van der Waals surface area (Å²) in [5.41, 5.74) is 3.95. The van der Waals surface area contributed by atoms with E-state index in [1.165, 1.54) is 16.8 Å². The van der Waals surface area contributed by atoms with Crippen LogP contribution in [0, 0.1) is 11.3 Å². The molecule has 0 radical (unpaired) electrons. The number of aliphatic hydroxyl groups excluding tert-OH is 1. The number of hydrogen-bond donors (Lipinski definition) is 1. The predicted octanol–water partition coefficient (Wildman–Crippen LogP) is 2.86. The van der Waals surface area contributed by atoms with Crippen molar-refractivity contribution in [2.75, 3.05) is 0 Å². The molecule has 3 nitrogen and oxygen atoms in total. The zero-order valence-electron chi connectivity index (χ0n) is 11.2. The minimum Gasteiger partial charge on any atom is -0.393 e. The largest absolute Gasteiger partial charge is 0.393 e. The van der Waals surface area contributed by atoms with Gasteiger partial charge in [0.05, 0.1) is 30.4 Å². The molecule has 2 aromatic rings. The van der Waals surface area contributed by atoms with Gasteiger partial charge in [0.2, 0.25) is 0 Å². The van der Waals surface area contributed by atoms with Gasteiger partial charge in [-0.25, -0.2) is 4.98 Å². The highest BCUT2D eigenvalue weighted by molar-refractivity contribution is 5.69. The number of hydrogen-bond acceptors (Lipinski definition) is 2. The molecule has 1 aliphatic carbocycles. The van der Waals surface area contributed by atoms with Gasteiger partial charge < -0.3 is 9.67 Å². The zero-order chi connectivity index (χ0) is 13.2. The molecule has 1 aromatic carbocycles. The number of benzene rings is 1. The van der Waals surface area contributed by atoms with Gasteiger partial charge in [-0.2, -0.15) is 0 Å². The van der Waals surface area contributed by atoms with E-state index < -0.39 is 0 Å². The molecule has 0 unspecified atom stereocenters. The van der Waals surface area contributed by atoms with Crippen molar-refractivity contribution in [2.45, 2.75) is 32.4 Å². The molecule has 0 saturated heterocycles. The van der Waals surface area contributed by atoms with E-state index in [1.807, 2.05) is 12.5 Å². The Balaban J connectivity index is 1.90. The lowest BCUT2D eigenvalue weighted by molar-refractivity contribution is -0.103. The second-order valence-electron chi connectivity index (χ2n) is 6.50. The first-order valence-electron chi connectivity index (χ1n) is 6.89. The Bertz CT molecular complexity index is 644. The maximum atomic E-state index is 10.3. The van der Waals surface area contributed by atoms with E-state index in [9.17, 15) is 5.11 Å². The summed E-state index contributed by atoms with van der Waals surface area (Å²) in [6, 6.07) is 8.73. The molecule has 1 fully saturated rings. The molecule has 1 aliphatic heterocycles. The molecule has 0 bridgehead atoms. The molecule has 1 saturated carbocycles. The highest BCUT2D eigenvalue weighted by atomic mass is 16.3. The SMILES string of the molecule is CC1(C)C[C@@H](O)[C@@H]1[C@@H]1c2ccccc2-c2cncn21. The molecular weight excluding hydrogens is 236 g/mol. The third-order valence-electron chi connectivity index (χ3n) is 4.91. The zero-order valence-corrected chi connectivity index (χ0v) is 11.2. The third kappa shape index (κ3) is 1.34. The predicted molar refractivity (Wildman–Crippen MR) is 73.7 cm³/mol. The highest BCUT2D eigenvalue weighted by Crippen LogP contribution is 2.56. The molecule has 4 rings (SSSR count). The Morgan fingerprint density at radius 1 is 1.32 bits per heavy atom. The van der Waals surface area contributed by atoms with Crippen LogP contribution >= 0.6 is 0 Å². The first-order valence-corrected chi connectivity index (χ1v) is 6.89. The van der Waals surface area contributed by atoms with Gasteiger partial charge in [0.15, 0.2) is 0 Å². The molecular formula is C16H18N2O. The van der Waals surface area contributed by atoms with Crippen molar-refractivity contribution in [3.05, 3.63) is 42.4 Å². The van der Waals surface area contributed by atoms with Gasteiger partial charge in [0, 0.05) is 11.5 Å². The lowest BCUT2D eigenvalue weighted by Crippen LogP contribution is -2.51. The highest BCUT2D eigenvalue weighted by Gasteiger charge is 2.53. The summed E-state index contributed by atoms with van der Waals surface area (Å²) in [6.07, 6.45) is 4.51. The van der Waals surface area contributed by atoms with Gasteiger partial charge >= 0.3 is 0 Å². The quantitative estimate of drug-likeness (QED) is 0.849. The third-order valence-corrected chi connectivity index (χ3v) is 4.91. The van der Waals surface area contributed by atoms with Crippen LogP contribution in [-0.4, -0.2) is 20.8 Å². The first kappa shape index (κ1) is 11.2. The Morgan fingerprint density at radius 3 is 2.84 bits per heavy atom. The number of aliphatic hydroxyl groups is 1. The van der Waals surface area contributed by atoms with Crippen molar-refractivity contribution in [3.8, 4) is 11.3 Å². The van der Waals surface area contributed by atoms with E-state index in [0.717, 1.165) is 6.42 Å². The number of aromatic nitrogens is 2. The smallest absolute Gasteiger partial charge is 0.0956 e. The van der Waals surface area contributed by atoms with Gasteiger partial charge in [0.25, 0.3) is 0 Å². The van der Waals surface area contributed by atoms with Crippen LogP contribution in [0.1, 0.15) is 31.9 Å². The molecule has 0 spiro atoms. The number of rotatable bonds is 1. The maximum Gasteiger partial charge on any atom is 0.0956 e. The van der Waals surface area contributed by atoms with Crippen LogP contribution in [0.2, 0.25) is 0 Å². The minimum atomic E-state index is -0.207. The van der Waals surface area contributed by atoms with E-state index in [2.05, 4.69) is 47.7 Å². The van der Waals surface area contributed by atoms with E-state index in [0.29, 0.717) is 0 Å². The Morgan fingerprint density at radius 2 is 2.11 bits per heavy atom. The molecule has 2 aliphatic rings. The van der Waals surface area contributed by atoms with Gasteiger partial charge in [-0.3, -0.25) is 0 Å². The first-order chi connectivity index (χ1) is 9.09. The Labute approximate surface area is 112 Å². The van der Waals surface area contributed by atoms with Crippen LogP contribution < -0.4 is 0 Å². The van der Waals surface area contributed by atoms with Crippen molar-refractivity contribution in [3.63, 3.8) is 0 Å². The fourth-order valence-electron chi connectivity index (χ4n) is 4.04. The number of nitrogens with zero attached hydrogens (tertiary/aromatic N) is 2. The van der Waals surface area contributed by atoms with Crippen molar-refractivity contribution in [2.24, 2.45) is 11.3 Å². The van der Waals surface area contributed by atoms with Crippen molar-refractivity contribution >= 4 is 0 Å². The molecule has 3 heteroatoms. The molecule has 98 valence electrons. The summed E-state index contributed by atoms with van der Waals surface area (Å²) in [5, 5.41) is 10.3. The monoisotopic (exact) mass is 254 g/mol. The van der Waals surface area contributed by atoms with Crippen LogP contribution in [0.15, 0.2) is 36.8 Å². The van der Waals surface area contributed by atoms with Gasteiger partial charge in [0.1, 0.15) is 0 Å². The summed E-state index contributed by atoms with van der Waals surface area (Å²) >= 11 is 0. The van der Waals surface area contributed by atoms with Gasteiger partial charge in [-0.05, 0) is 17.4 Å². The van der Waals surface area contributed by atoms with Gasteiger partial charge in [-0.1, -0.05) is 38.1 Å².